The molecule has 8 nitrogen and oxygen atoms in total. The van der Waals surface area contributed by atoms with Crippen molar-refractivity contribution in [2.75, 3.05) is 5.32 Å². The number of nitrogens with one attached hydrogen (secondary N) is 4. The molecular weight excluding hydrogens is 404 g/mol. The van der Waals surface area contributed by atoms with Crippen molar-refractivity contribution in [3.8, 4) is 0 Å². The van der Waals surface area contributed by atoms with Gasteiger partial charge in [-0.15, -0.1) is 0 Å². The van der Waals surface area contributed by atoms with E-state index >= 15 is 0 Å². The molecule has 1 aliphatic carbocycles. The number of halogens is 1. The van der Waals surface area contributed by atoms with Crippen LogP contribution >= 0.6 is 11.6 Å². The predicted octanol–water partition coefficient (Wildman–Crippen LogP) is 3.41. The van der Waals surface area contributed by atoms with Crippen LogP contribution in [-0.2, 0) is 11.3 Å². The van der Waals surface area contributed by atoms with Crippen LogP contribution in [0.2, 0.25) is 0 Å². The van der Waals surface area contributed by atoms with E-state index in [1.807, 2.05) is 13.8 Å². The number of allylic oxidation sites excluding steroid dienone is 2. The largest absolute Gasteiger partial charge is 0.363 e. The summed E-state index contributed by atoms with van der Waals surface area (Å²) < 4.78 is 0. The Labute approximate surface area is 180 Å². The van der Waals surface area contributed by atoms with E-state index in [9.17, 15) is 9.59 Å². The van der Waals surface area contributed by atoms with E-state index in [-0.39, 0.29) is 22.9 Å². The van der Waals surface area contributed by atoms with E-state index in [0.717, 1.165) is 17.5 Å². The van der Waals surface area contributed by atoms with Crippen molar-refractivity contribution in [2.24, 2.45) is 5.41 Å². The zero-order chi connectivity index (χ0) is 22.1. The molecule has 2 aliphatic rings. The monoisotopic (exact) mass is 428 g/mol. The molecule has 4 N–H and O–H groups in total. The first kappa shape index (κ1) is 21.7. The number of nitrogens with zero attached hydrogens (tertiary/aromatic N) is 2. The lowest BCUT2D eigenvalue weighted by Crippen LogP contribution is -2.54. The van der Waals surface area contributed by atoms with Crippen molar-refractivity contribution in [3.05, 3.63) is 45.9 Å². The minimum absolute atomic E-state index is 0.148. The van der Waals surface area contributed by atoms with Crippen molar-refractivity contribution in [1.82, 2.24) is 15.2 Å². The highest BCUT2D eigenvalue weighted by molar-refractivity contribution is 6.38. The van der Waals surface area contributed by atoms with E-state index in [1.165, 1.54) is 18.6 Å². The van der Waals surface area contributed by atoms with Crippen molar-refractivity contribution in [3.63, 3.8) is 0 Å². The van der Waals surface area contributed by atoms with Gasteiger partial charge in [-0.05, 0) is 26.3 Å². The van der Waals surface area contributed by atoms with Gasteiger partial charge in [0, 0.05) is 54.1 Å². The lowest BCUT2D eigenvalue weighted by atomic mass is 9.64. The molecule has 30 heavy (non-hydrogen) atoms. The molecule has 2 unspecified atom stereocenters. The first-order valence-electron chi connectivity index (χ1n) is 9.72. The molecule has 9 heteroatoms. The van der Waals surface area contributed by atoms with Crippen LogP contribution in [0.1, 0.15) is 49.5 Å². The van der Waals surface area contributed by atoms with Crippen LogP contribution in [-0.4, -0.2) is 40.2 Å². The van der Waals surface area contributed by atoms with Crippen molar-refractivity contribution in [1.29, 1.82) is 10.8 Å². The molecule has 0 spiro atoms. The Kier molecular flexibility index (Phi) is 6.07. The zero-order valence-corrected chi connectivity index (χ0v) is 17.9. The average molecular weight is 429 g/mol. The molecule has 0 saturated heterocycles. The Morgan fingerprint density at radius 3 is 2.80 bits per heavy atom. The Morgan fingerprint density at radius 1 is 1.47 bits per heavy atom. The molecular formula is C21H25ClN6O2. The van der Waals surface area contributed by atoms with Crippen LogP contribution in [0.4, 0.5) is 5.82 Å². The fourth-order valence-corrected chi connectivity index (χ4v) is 4.17. The molecule has 1 aromatic heterocycles. The average Bonchev–Trinajstić information content (AvgIpc) is 3.08. The van der Waals surface area contributed by atoms with Crippen LogP contribution in [0.15, 0.2) is 34.8 Å². The van der Waals surface area contributed by atoms with Crippen LogP contribution in [0.5, 0.6) is 0 Å². The second kappa shape index (κ2) is 8.39. The molecule has 0 aromatic carbocycles. The normalized spacial score (nSPS) is 21.7. The topological polar surface area (TPSA) is 122 Å². The fraction of sp³-hybridized carbons (Fsp3) is 0.381. The number of pyridine rings is 1. The van der Waals surface area contributed by atoms with Crippen LogP contribution < -0.4 is 10.6 Å². The van der Waals surface area contributed by atoms with E-state index in [4.69, 9.17) is 22.4 Å². The predicted molar refractivity (Wildman–Crippen MR) is 117 cm³/mol. The van der Waals surface area contributed by atoms with Crippen molar-refractivity contribution < 1.29 is 9.59 Å². The van der Waals surface area contributed by atoms with Gasteiger partial charge in [-0.2, -0.15) is 0 Å². The van der Waals surface area contributed by atoms with Gasteiger partial charge >= 0.3 is 0 Å². The Morgan fingerprint density at radius 2 is 2.20 bits per heavy atom. The third-order valence-corrected chi connectivity index (χ3v) is 6.09. The first-order valence-corrected chi connectivity index (χ1v) is 10.1. The number of aromatic nitrogens is 1. The SMILES string of the molecule is CCC(=O)Nc1nccc2c1CN(C(C)C1(C=N)CC(C)=C1N/C=C(/Cl)C=N)C2=O. The van der Waals surface area contributed by atoms with Crippen LogP contribution in [0.25, 0.3) is 0 Å². The maximum absolute atomic E-state index is 13.2. The molecule has 2 atom stereocenters. The number of anilines is 1. The van der Waals surface area contributed by atoms with Crippen LogP contribution in [0.3, 0.4) is 0 Å². The summed E-state index contributed by atoms with van der Waals surface area (Å²) in [5, 5.41) is 21.5. The van der Waals surface area contributed by atoms with Gasteiger partial charge < -0.3 is 26.4 Å². The zero-order valence-electron chi connectivity index (χ0n) is 17.2. The number of amides is 2. The van der Waals surface area contributed by atoms with Crippen LogP contribution in [0, 0.1) is 16.2 Å². The third-order valence-electron chi connectivity index (χ3n) is 5.87. The standard InChI is InChI=1S/C21H25ClN6O2/c1-4-17(29)27-19-16-10-28(20(30)15(16)5-6-25-19)13(3)21(11-24)7-12(2)18(21)26-9-14(22)8-23/h5-6,8-9,11,13,23-24,26H,4,7,10H2,1-3H3,(H,25,27,29)/b14-9+,23-8?,24-11?. The minimum Gasteiger partial charge on any atom is -0.363 e. The summed E-state index contributed by atoms with van der Waals surface area (Å²) >= 11 is 5.91. The fourth-order valence-electron chi connectivity index (χ4n) is 4.12. The maximum Gasteiger partial charge on any atom is 0.254 e. The summed E-state index contributed by atoms with van der Waals surface area (Å²) in [6.45, 7) is 5.95. The summed E-state index contributed by atoms with van der Waals surface area (Å²) in [6.07, 6.45) is 6.38. The number of carbonyl (C=O) groups is 2. The molecule has 158 valence electrons. The van der Waals surface area contributed by atoms with Gasteiger partial charge in [0.15, 0.2) is 0 Å². The second-order valence-electron chi connectivity index (χ2n) is 7.53. The van der Waals surface area contributed by atoms with Crippen molar-refractivity contribution >= 4 is 41.7 Å². The molecule has 2 heterocycles. The van der Waals surface area contributed by atoms with Gasteiger partial charge in [-0.1, -0.05) is 24.1 Å². The summed E-state index contributed by atoms with van der Waals surface area (Å²) in [6, 6.07) is 1.35. The molecule has 0 saturated carbocycles. The maximum atomic E-state index is 13.2. The van der Waals surface area contributed by atoms with E-state index in [0.29, 0.717) is 36.3 Å². The Hall–Kier alpha value is -3.00. The van der Waals surface area contributed by atoms with E-state index in [2.05, 4.69) is 15.6 Å². The van der Waals surface area contributed by atoms with Gasteiger partial charge in [-0.25, -0.2) is 4.98 Å². The number of hydrogen-bond donors (Lipinski definition) is 4. The second-order valence-corrected chi connectivity index (χ2v) is 7.97. The van der Waals surface area contributed by atoms with Gasteiger partial charge in [0.05, 0.1) is 17.0 Å². The number of fused-ring (bicyclic) bond motifs is 1. The third kappa shape index (κ3) is 3.52. The van der Waals surface area contributed by atoms with E-state index < -0.39 is 5.41 Å². The van der Waals surface area contributed by atoms with Crippen molar-refractivity contribution in [2.45, 2.75) is 46.2 Å². The number of carbonyl (C=O) groups excluding carboxylic acids is 2. The summed E-state index contributed by atoms with van der Waals surface area (Å²) in [5.41, 5.74) is 2.41. The van der Waals surface area contributed by atoms with E-state index in [1.54, 1.807) is 17.9 Å². The molecule has 1 aliphatic heterocycles. The van der Waals surface area contributed by atoms with Gasteiger partial charge in [0.25, 0.3) is 5.91 Å². The number of rotatable bonds is 8. The highest BCUT2D eigenvalue weighted by atomic mass is 35.5. The molecule has 2 amide bonds. The highest BCUT2D eigenvalue weighted by Crippen LogP contribution is 2.49. The molecule has 1 aromatic rings. The number of hydrogen-bond acceptors (Lipinski definition) is 6. The van der Waals surface area contributed by atoms with Gasteiger partial charge in [-0.3, -0.25) is 9.59 Å². The molecule has 0 bridgehead atoms. The smallest absolute Gasteiger partial charge is 0.254 e. The Bertz CT molecular complexity index is 986. The minimum atomic E-state index is -0.683. The van der Waals surface area contributed by atoms with Gasteiger partial charge in [0.2, 0.25) is 5.91 Å². The summed E-state index contributed by atoms with van der Waals surface area (Å²) in [4.78, 5) is 31.0. The molecule has 0 fully saturated rings. The highest BCUT2D eigenvalue weighted by Gasteiger charge is 2.51. The quantitative estimate of drug-likeness (QED) is 0.474. The molecule has 3 rings (SSSR count). The Balaban J connectivity index is 1.89. The first-order chi connectivity index (χ1) is 14.3. The lowest BCUT2D eigenvalue weighted by molar-refractivity contribution is -0.115. The lowest BCUT2D eigenvalue weighted by Gasteiger charge is -2.49. The summed E-state index contributed by atoms with van der Waals surface area (Å²) in [7, 11) is 0. The summed E-state index contributed by atoms with van der Waals surface area (Å²) in [5.74, 6) is 0.0977. The van der Waals surface area contributed by atoms with Gasteiger partial charge in [0.1, 0.15) is 5.82 Å². The molecule has 0 radical (unpaired) electrons.